The van der Waals surface area contributed by atoms with E-state index in [1.807, 2.05) is 53.0 Å². The van der Waals surface area contributed by atoms with Crippen molar-refractivity contribution in [1.29, 1.82) is 0 Å². The van der Waals surface area contributed by atoms with E-state index in [-0.39, 0.29) is 11.8 Å². The molecule has 1 fully saturated rings. The summed E-state index contributed by atoms with van der Waals surface area (Å²) < 4.78 is 3.96. The van der Waals surface area contributed by atoms with Crippen LogP contribution in [0.3, 0.4) is 0 Å². The van der Waals surface area contributed by atoms with Gasteiger partial charge < -0.3 is 19.2 Å². The first-order valence-corrected chi connectivity index (χ1v) is 12.6. The molecule has 0 atom stereocenters. The number of benzene rings is 1. The van der Waals surface area contributed by atoms with Gasteiger partial charge in [0.05, 0.1) is 12.0 Å². The molecule has 0 bridgehead atoms. The van der Waals surface area contributed by atoms with E-state index in [1.54, 1.807) is 6.20 Å². The third-order valence-electron chi connectivity index (χ3n) is 7.26. The van der Waals surface area contributed by atoms with Crippen LogP contribution in [-0.4, -0.2) is 50.3 Å². The topological polar surface area (TPSA) is 71.6 Å². The maximum absolute atomic E-state index is 12.9. The summed E-state index contributed by atoms with van der Waals surface area (Å²) in [6, 6.07) is 11.9. The summed E-state index contributed by atoms with van der Waals surface area (Å²) in [7, 11) is 2.04. The maximum atomic E-state index is 12.9. The summed E-state index contributed by atoms with van der Waals surface area (Å²) in [5.41, 5.74) is 3.77. The van der Waals surface area contributed by atoms with E-state index in [9.17, 15) is 9.59 Å². The molecule has 0 unspecified atom stereocenters. The molecule has 35 heavy (non-hydrogen) atoms. The first-order valence-electron chi connectivity index (χ1n) is 12.6. The van der Waals surface area contributed by atoms with Gasteiger partial charge in [0, 0.05) is 62.4 Å². The molecule has 182 valence electrons. The third-order valence-corrected chi connectivity index (χ3v) is 7.26. The summed E-state index contributed by atoms with van der Waals surface area (Å²) in [6.07, 6.45) is 13.3. The SMILES string of the molecule is Cn1cc(CC(=O)N2CCC(CCCCNC(=O)c3ccc4nccn4c3)CC2)c2ccccc21. The number of aryl methyl sites for hydroxylation is 1. The predicted octanol–water partition coefficient (Wildman–Crippen LogP) is 4.21. The predicted molar refractivity (Wildman–Crippen MR) is 137 cm³/mol. The van der Waals surface area contributed by atoms with Gasteiger partial charge in [-0.15, -0.1) is 0 Å². The zero-order chi connectivity index (χ0) is 24.2. The molecule has 7 nitrogen and oxygen atoms in total. The number of hydrogen-bond acceptors (Lipinski definition) is 3. The summed E-state index contributed by atoms with van der Waals surface area (Å²) >= 11 is 0. The molecular formula is C28H33N5O2. The highest BCUT2D eigenvalue weighted by molar-refractivity contribution is 5.94. The molecule has 7 heteroatoms. The van der Waals surface area contributed by atoms with Crippen molar-refractivity contribution in [2.24, 2.45) is 13.0 Å². The summed E-state index contributed by atoms with van der Waals surface area (Å²) in [5.74, 6) is 0.853. The molecule has 0 aliphatic carbocycles. The Bertz CT molecular complexity index is 1330. The molecule has 0 spiro atoms. The van der Waals surface area contributed by atoms with Crippen LogP contribution in [-0.2, 0) is 18.3 Å². The Morgan fingerprint density at radius 2 is 1.89 bits per heavy atom. The Kier molecular flexibility index (Phi) is 6.84. The molecule has 2 amide bonds. The van der Waals surface area contributed by atoms with Crippen LogP contribution in [0.2, 0.25) is 0 Å². The molecule has 1 aliphatic heterocycles. The second-order valence-electron chi connectivity index (χ2n) is 9.65. The van der Waals surface area contributed by atoms with Gasteiger partial charge in [0.25, 0.3) is 5.91 Å². The number of imidazole rings is 1. The molecule has 3 aromatic heterocycles. The Hall–Kier alpha value is -3.61. The van der Waals surface area contributed by atoms with E-state index < -0.39 is 0 Å². The largest absolute Gasteiger partial charge is 0.352 e. The minimum atomic E-state index is -0.0429. The molecule has 0 radical (unpaired) electrons. The molecule has 1 saturated heterocycles. The lowest BCUT2D eigenvalue weighted by molar-refractivity contribution is -0.131. The van der Waals surface area contributed by atoms with Gasteiger partial charge in [0.1, 0.15) is 5.65 Å². The second kappa shape index (κ2) is 10.3. The molecule has 1 aliphatic rings. The number of hydrogen-bond donors (Lipinski definition) is 1. The fourth-order valence-electron chi connectivity index (χ4n) is 5.23. The Morgan fingerprint density at radius 3 is 2.74 bits per heavy atom. The van der Waals surface area contributed by atoms with Crippen LogP contribution < -0.4 is 5.32 Å². The molecule has 5 rings (SSSR count). The minimum absolute atomic E-state index is 0.0429. The van der Waals surface area contributed by atoms with Crippen molar-refractivity contribution in [3.8, 4) is 0 Å². The van der Waals surface area contributed by atoms with E-state index in [0.29, 0.717) is 24.4 Å². The average molecular weight is 472 g/mol. The number of para-hydroxylation sites is 1. The molecule has 1 aromatic carbocycles. The van der Waals surface area contributed by atoms with Crippen LogP contribution in [0, 0.1) is 5.92 Å². The summed E-state index contributed by atoms with van der Waals surface area (Å²) in [6.45, 7) is 2.38. The van der Waals surface area contributed by atoms with Crippen molar-refractivity contribution >= 4 is 28.4 Å². The van der Waals surface area contributed by atoms with Gasteiger partial charge in [-0.3, -0.25) is 9.59 Å². The highest BCUT2D eigenvalue weighted by Gasteiger charge is 2.23. The van der Waals surface area contributed by atoms with Crippen LogP contribution in [0.1, 0.15) is 48.0 Å². The maximum Gasteiger partial charge on any atom is 0.252 e. The van der Waals surface area contributed by atoms with Crippen molar-refractivity contribution in [3.63, 3.8) is 0 Å². The minimum Gasteiger partial charge on any atom is -0.352 e. The molecule has 1 N–H and O–H groups in total. The lowest BCUT2D eigenvalue weighted by atomic mass is 9.91. The monoisotopic (exact) mass is 471 g/mol. The van der Waals surface area contributed by atoms with Gasteiger partial charge in [-0.1, -0.05) is 31.0 Å². The fraction of sp³-hybridized carbons (Fsp3) is 0.393. The number of carbonyl (C=O) groups excluding carboxylic acids is 2. The first kappa shape index (κ1) is 23.1. The first-order chi connectivity index (χ1) is 17.1. The zero-order valence-electron chi connectivity index (χ0n) is 20.3. The van der Waals surface area contributed by atoms with Gasteiger partial charge in [-0.2, -0.15) is 0 Å². The average Bonchev–Trinajstić information content (AvgIpc) is 3.48. The summed E-state index contributed by atoms with van der Waals surface area (Å²) in [5, 5.41) is 4.20. The Balaban J connectivity index is 1.01. The van der Waals surface area contributed by atoms with Crippen LogP contribution in [0.5, 0.6) is 0 Å². The lowest BCUT2D eigenvalue weighted by Crippen LogP contribution is -2.39. The van der Waals surface area contributed by atoms with E-state index in [1.165, 1.54) is 10.9 Å². The van der Waals surface area contributed by atoms with Crippen LogP contribution >= 0.6 is 0 Å². The number of nitrogens with zero attached hydrogens (tertiary/aromatic N) is 4. The van der Waals surface area contributed by atoms with Crippen molar-refractivity contribution in [1.82, 2.24) is 24.2 Å². The second-order valence-corrected chi connectivity index (χ2v) is 9.65. The molecular weight excluding hydrogens is 438 g/mol. The van der Waals surface area contributed by atoms with E-state index in [0.717, 1.165) is 56.4 Å². The van der Waals surface area contributed by atoms with Gasteiger partial charge in [0.2, 0.25) is 5.91 Å². The highest BCUT2D eigenvalue weighted by atomic mass is 16.2. The van der Waals surface area contributed by atoms with Crippen molar-refractivity contribution in [3.05, 3.63) is 72.3 Å². The normalized spacial score (nSPS) is 14.6. The van der Waals surface area contributed by atoms with Crippen molar-refractivity contribution in [2.75, 3.05) is 19.6 Å². The van der Waals surface area contributed by atoms with Gasteiger partial charge >= 0.3 is 0 Å². The Labute approximate surface area is 205 Å². The number of carbonyl (C=O) groups is 2. The number of amides is 2. The van der Waals surface area contributed by atoms with Gasteiger partial charge in [-0.25, -0.2) is 4.98 Å². The van der Waals surface area contributed by atoms with Crippen LogP contribution in [0.4, 0.5) is 0 Å². The number of unbranched alkanes of at least 4 members (excludes halogenated alkanes) is 1. The lowest BCUT2D eigenvalue weighted by Gasteiger charge is -2.32. The van der Waals surface area contributed by atoms with Crippen molar-refractivity contribution < 1.29 is 9.59 Å². The molecule has 4 aromatic rings. The number of fused-ring (bicyclic) bond motifs is 2. The Morgan fingerprint density at radius 1 is 1.06 bits per heavy atom. The number of pyridine rings is 1. The molecule has 4 heterocycles. The number of aromatic nitrogens is 3. The van der Waals surface area contributed by atoms with Gasteiger partial charge in [-0.05, 0) is 48.9 Å². The zero-order valence-corrected chi connectivity index (χ0v) is 20.3. The number of rotatable bonds is 8. The van der Waals surface area contributed by atoms with E-state index in [2.05, 4.69) is 33.2 Å². The quantitative estimate of drug-likeness (QED) is 0.392. The van der Waals surface area contributed by atoms with E-state index >= 15 is 0 Å². The van der Waals surface area contributed by atoms with Gasteiger partial charge in [0.15, 0.2) is 0 Å². The third kappa shape index (κ3) is 5.24. The number of likely N-dealkylation sites (tertiary alicyclic amines) is 1. The smallest absolute Gasteiger partial charge is 0.252 e. The standard InChI is InChI=1S/C28H33N5O2/c1-31-19-23(24-7-2-3-8-25(24)31)18-27(34)32-15-11-21(12-16-32)6-4-5-13-30-28(35)22-9-10-26-29-14-17-33(26)20-22/h2-3,7-10,14,17,19-21H,4-6,11-13,15-16,18H2,1H3,(H,30,35). The van der Waals surface area contributed by atoms with Crippen LogP contribution in [0.15, 0.2) is 61.2 Å². The highest BCUT2D eigenvalue weighted by Crippen LogP contribution is 2.25. The van der Waals surface area contributed by atoms with Crippen molar-refractivity contribution in [2.45, 2.75) is 38.5 Å². The fourth-order valence-corrected chi connectivity index (χ4v) is 5.23. The molecule has 0 saturated carbocycles. The number of piperidine rings is 1. The van der Waals surface area contributed by atoms with Crippen LogP contribution in [0.25, 0.3) is 16.6 Å². The summed E-state index contributed by atoms with van der Waals surface area (Å²) in [4.78, 5) is 31.6. The number of nitrogens with one attached hydrogen (secondary N) is 1. The van der Waals surface area contributed by atoms with E-state index in [4.69, 9.17) is 0 Å².